The minimum absolute atomic E-state index is 0.105. The molecule has 0 radical (unpaired) electrons. The summed E-state index contributed by atoms with van der Waals surface area (Å²) in [6.07, 6.45) is 0.616. The molecule has 3 rings (SSSR count). The molecule has 0 saturated carbocycles. The minimum atomic E-state index is -1.60. The van der Waals surface area contributed by atoms with E-state index < -0.39 is 47.0 Å². The number of alkyl carbamates (subject to hydrolysis) is 1. The zero-order valence-electron chi connectivity index (χ0n) is 22.6. The lowest BCUT2D eigenvalue weighted by Gasteiger charge is -2.36. The van der Waals surface area contributed by atoms with Crippen LogP contribution in [0.3, 0.4) is 0 Å². The van der Waals surface area contributed by atoms with Crippen molar-refractivity contribution < 1.29 is 33.4 Å². The summed E-state index contributed by atoms with van der Waals surface area (Å²) in [5.74, 6) is -2.92. The van der Waals surface area contributed by atoms with Crippen LogP contribution < -0.4 is 10.6 Å². The Morgan fingerprint density at radius 2 is 1.81 bits per heavy atom. The molecule has 3 amide bonds. The van der Waals surface area contributed by atoms with Crippen molar-refractivity contribution in [2.45, 2.75) is 97.4 Å². The van der Waals surface area contributed by atoms with Gasteiger partial charge in [0.25, 0.3) is 5.91 Å². The van der Waals surface area contributed by atoms with Crippen molar-refractivity contribution in [2.75, 3.05) is 6.54 Å². The van der Waals surface area contributed by atoms with E-state index in [1.807, 2.05) is 51.1 Å². The third kappa shape index (κ3) is 7.67. The second-order valence-corrected chi connectivity index (χ2v) is 11.6. The number of carbonyl (C=O) groups is 4. The fourth-order valence-corrected chi connectivity index (χ4v) is 4.37. The van der Waals surface area contributed by atoms with E-state index in [1.54, 1.807) is 20.8 Å². The van der Waals surface area contributed by atoms with Crippen LogP contribution in [0, 0.1) is 5.41 Å². The van der Waals surface area contributed by atoms with Crippen molar-refractivity contribution in [1.29, 1.82) is 0 Å². The van der Waals surface area contributed by atoms with Crippen LogP contribution in [0.5, 0.6) is 0 Å². The summed E-state index contributed by atoms with van der Waals surface area (Å²) in [5, 5.41) is 5.46. The maximum atomic E-state index is 13.6. The van der Waals surface area contributed by atoms with Gasteiger partial charge in [-0.05, 0) is 44.6 Å². The Hall–Kier alpha value is -3.14. The molecule has 1 aromatic carbocycles. The Morgan fingerprint density at radius 1 is 1.14 bits per heavy atom. The molecule has 0 bridgehead atoms. The Balaban J connectivity index is 1.73. The number of nitrogens with one attached hydrogen (secondary N) is 2. The monoisotopic (exact) mass is 517 g/mol. The van der Waals surface area contributed by atoms with Crippen LogP contribution in [0.25, 0.3) is 0 Å². The van der Waals surface area contributed by atoms with Crippen LogP contribution in [0.15, 0.2) is 30.3 Å². The van der Waals surface area contributed by atoms with E-state index in [2.05, 4.69) is 10.6 Å². The number of esters is 1. The summed E-state index contributed by atoms with van der Waals surface area (Å²) in [6, 6.07) is 7.64. The highest BCUT2D eigenvalue weighted by molar-refractivity contribution is 5.92. The summed E-state index contributed by atoms with van der Waals surface area (Å²) >= 11 is 0. The quantitative estimate of drug-likeness (QED) is 0.420. The third-order valence-electron chi connectivity index (χ3n) is 6.18. The number of hydrogen-bond donors (Lipinski definition) is 2. The highest BCUT2D eigenvalue weighted by atomic mass is 16.7. The van der Waals surface area contributed by atoms with Gasteiger partial charge in [-0.15, -0.1) is 0 Å². The molecular formula is C27H39N3O7. The number of hydrogen-bond acceptors (Lipinski definition) is 7. The summed E-state index contributed by atoms with van der Waals surface area (Å²) in [4.78, 5) is 53.0. The van der Waals surface area contributed by atoms with Gasteiger partial charge >= 0.3 is 12.1 Å². The van der Waals surface area contributed by atoms with E-state index in [1.165, 1.54) is 4.90 Å². The molecule has 2 aliphatic rings. The number of amides is 3. The smallest absolute Gasteiger partial charge is 0.408 e. The molecule has 0 aromatic heterocycles. The van der Waals surface area contributed by atoms with Crippen LogP contribution in [-0.4, -0.2) is 58.9 Å². The van der Waals surface area contributed by atoms with Gasteiger partial charge in [0.1, 0.15) is 17.7 Å². The minimum Gasteiger partial charge on any atom is -0.444 e. The van der Waals surface area contributed by atoms with E-state index in [0.717, 1.165) is 5.56 Å². The molecule has 3 atom stereocenters. The lowest BCUT2D eigenvalue weighted by molar-refractivity contribution is -0.233. The van der Waals surface area contributed by atoms with E-state index >= 15 is 0 Å². The molecule has 204 valence electrons. The summed E-state index contributed by atoms with van der Waals surface area (Å²) < 4.78 is 16.7. The predicted molar refractivity (Wildman–Crippen MR) is 135 cm³/mol. The number of carbonyl (C=O) groups excluding carboxylic acids is 4. The zero-order valence-corrected chi connectivity index (χ0v) is 22.6. The Morgan fingerprint density at radius 3 is 2.38 bits per heavy atom. The fourth-order valence-electron chi connectivity index (χ4n) is 4.37. The number of nitrogens with zero attached hydrogens (tertiary/aromatic N) is 1. The normalized spacial score (nSPS) is 22.8. The van der Waals surface area contributed by atoms with Gasteiger partial charge < -0.3 is 24.4 Å². The van der Waals surface area contributed by atoms with Crippen molar-refractivity contribution >= 4 is 23.9 Å². The van der Waals surface area contributed by atoms with Gasteiger partial charge in [-0.25, -0.2) is 4.79 Å². The Labute approximate surface area is 218 Å². The second kappa shape index (κ2) is 11.1. The maximum Gasteiger partial charge on any atom is 0.408 e. The molecule has 1 aromatic rings. The molecular weight excluding hydrogens is 478 g/mol. The van der Waals surface area contributed by atoms with E-state index in [9.17, 15) is 19.2 Å². The molecule has 10 heteroatoms. The summed E-state index contributed by atoms with van der Waals surface area (Å²) in [5.41, 5.74) is -0.505. The standard InChI is InChI=1S/C27H39N3O7/c1-25(2,3)21(28-24(34)37-26(4,5)6)23(33)30-16-10-13-19(30)22(32)29-27(15-14-20(31)36-27)35-17-18-11-8-7-9-12-18/h7-9,11-12,19,21H,10,13-17H2,1-6H3,(H,28,34)(H,29,32). The number of benzene rings is 1. The van der Waals surface area contributed by atoms with Crippen LogP contribution in [0.4, 0.5) is 4.79 Å². The first-order chi connectivity index (χ1) is 17.2. The van der Waals surface area contributed by atoms with Gasteiger partial charge in [0.15, 0.2) is 0 Å². The molecule has 2 heterocycles. The van der Waals surface area contributed by atoms with Gasteiger partial charge in [0.05, 0.1) is 13.0 Å². The second-order valence-electron chi connectivity index (χ2n) is 11.6. The Kier molecular flexibility index (Phi) is 8.52. The van der Waals surface area contributed by atoms with Gasteiger partial charge in [0, 0.05) is 13.0 Å². The third-order valence-corrected chi connectivity index (χ3v) is 6.18. The predicted octanol–water partition coefficient (Wildman–Crippen LogP) is 3.24. The molecule has 2 aliphatic heterocycles. The highest BCUT2D eigenvalue weighted by Gasteiger charge is 2.47. The number of rotatable bonds is 7. The summed E-state index contributed by atoms with van der Waals surface area (Å²) in [6.45, 7) is 11.2. The molecule has 2 fully saturated rings. The molecule has 37 heavy (non-hydrogen) atoms. The molecule has 0 aliphatic carbocycles. The van der Waals surface area contributed by atoms with Crippen LogP contribution in [0.1, 0.15) is 72.8 Å². The first-order valence-corrected chi connectivity index (χ1v) is 12.7. The highest BCUT2D eigenvalue weighted by Crippen LogP contribution is 2.30. The zero-order chi connectivity index (χ0) is 27.4. The van der Waals surface area contributed by atoms with Crippen molar-refractivity contribution in [2.24, 2.45) is 5.41 Å². The van der Waals surface area contributed by atoms with E-state index in [-0.39, 0.29) is 25.4 Å². The molecule has 3 unspecified atom stereocenters. The molecule has 2 N–H and O–H groups in total. The lowest BCUT2D eigenvalue weighted by atomic mass is 9.85. The molecule has 10 nitrogen and oxygen atoms in total. The largest absolute Gasteiger partial charge is 0.444 e. The molecule has 0 spiro atoms. The molecule has 2 saturated heterocycles. The van der Waals surface area contributed by atoms with Crippen molar-refractivity contribution in [3.63, 3.8) is 0 Å². The van der Waals surface area contributed by atoms with E-state index in [4.69, 9.17) is 14.2 Å². The first kappa shape index (κ1) is 28.4. The number of ether oxygens (including phenoxy) is 3. The van der Waals surface area contributed by atoms with Crippen LogP contribution in [0.2, 0.25) is 0 Å². The number of likely N-dealkylation sites (tertiary alicyclic amines) is 1. The van der Waals surface area contributed by atoms with Gasteiger partial charge in [-0.1, -0.05) is 51.1 Å². The first-order valence-electron chi connectivity index (χ1n) is 12.7. The van der Waals surface area contributed by atoms with Gasteiger partial charge in [0.2, 0.25) is 11.8 Å². The van der Waals surface area contributed by atoms with Crippen molar-refractivity contribution in [3.8, 4) is 0 Å². The maximum absolute atomic E-state index is 13.6. The average molecular weight is 518 g/mol. The van der Waals surface area contributed by atoms with Crippen molar-refractivity contribution in [3.05, 3.63) is 35.9 Å². The van der Waals surface area contributed by atoms with Gasteiger partial charge in [-0.3, -0.25) is 19.7 Å². The van der Waals surface area contributed by atoms with Crippen molar-refractivity contribution in [1.82, 2.24) is 15.5 Å². The summed E-state index contributed by atoms with van der Waals surface area (Å²) in [7, 11) is 0. The van der Waals surface area contributed by atoms with Gasteiger partial charge in [-0.2, -0.15) is 0 Å². The van der Waals surface area contributed by atoms with E-state index in [0.29, 0.717) is 19.4 Å². The fraction of sp³-hybridized carbons (Fsp3) is 0.630. The lowest BCUT2D eigenvalue weighted by Crippen LogP contribution is -2.60. The topological polar surface area (TPSA) is 123 Å². The SMILES string of the molecule is CC(C)(C)OC(=O)NC(C(=O)N1CCCC1C(=O)NC1(OCc2ccccc2)CCC(=O)O1)C(C)(C)C. The average Bonchev–Trinajstić information content (AvgIpc) is 3.42. The number of cyclic esters (lactones) is 1. The van der Waals surface area contributed by atoms with Crippen LogP contribution in [-0.2, 0) is 35.2 Å². The Bertz CT molecular complexity index is 999. The van der Waals surface area contributed by atoms with Crippen LogP contribution >= 0.6 is 0 Å².